The molecule has 1 atom stereocenters. The molecule has 3 N–H and O–H groups in total. The molecular formula is C11H20O7S. The first-order chi connectivity index (χ1) is 8.53. The Bertz CT molecular complexity index is 426. The van der Waals surface area contributed by atoms with Crippen LogP contribution in [0.3, 0.4) is 0 Å². The third-order valence-corrected chi connectivity index (χ3v) is 4.44. The monoisotopic (exact) mass is 296 g/mol. The molecule has 0 heterocycles. The summed E-state index contributed by atoms with van der Waals surface area (Å²) in [5.74, 6) is -3.03. The van der Waals surface area contributed by atoms with Crippen molar-refractivity contribution >= 4 is 22.1 Å². The number of aliphatic carboxylic acids is 2. The molecule has 0 aromatic rings. The van der Waals surface area contributed by atoms with E-state index in [4.69, 9.17) is 14.8 Å². The summed E-state index contributed by atoms with van der Waals surface area (Å²) in [6.45, 7) is 3.93. The third-order valence-electron chi connectivity index (χ3n) is 2.93. The van der Waals surface area contributed by atoms with Crippen molar-refractivity contribution in [3.8, 4) is 0 Å². The van der Waals surface area contributed by atoms with Gasteiger partial charge in [-0.25, -0.2) is 0 Å². The predicted octanol–water partition coefficient (Wildman–Crippen LogP) is 1.39. The van der Waals surface area contributed by atoms with Gasteiger partial charge in [-0.15, -0.1) is 0 Å². The van der Waals surface area contributed by atoms with Gasteiger partial charge in [0.05, 0.1) is 6.42 Å². The average molecular weight is 296 g/mol. The van der Waals surface area contributed by atoms with Crippen LogP contribution in [-0.4, -0.2) is 39.9 Å². The normalized spacial score (nSPS) is 15.2. The van der Waals surface area contributed by atoms with E-state index in [9.17, 15) is 18.0 Å². The van der Waals surface area contributed by atoms with Crippen LogP contribution in [0.1, 0.15) is 46.0 Å². The second-order valence-corrected chi connectivity index (χ2v) is 6.72. The van der Waals surface area contributed by atoms with Gasteiger partial charge in [0, 0.05) is 0 Å². The van der Waals surface area contributed by atoms with Crippen LogP contribution < -0.4 is 0 Å². The van der Waals surface area contributed by atoms with Gasteiger partial charge in [0.1, 0.15) is 0 Å². The molecule has 0 radical (unpaired) electrons. The molecule has 0 amide bonds. The summed E-state index contributed by atoms with van der Waals surface area (Å²) in [5, 5.41) is 17.7. The molecule has 0 aliphatic heterocycles. The highest BCUT2D eigenvalue weighted by Gasteiger charge is 2.51. The number of carboxylic acids is 2. The summed E-state index contributed by atoms with van der Waals surface area (Å²) in [6.07, 6.45) is -0.00331. The molecule has 0 spiro atoms. The van der Waals surface area contributed by atoms with Gasteiger partial charge in [0.25, 0.3) is 10.1 Å². The highest BCUT2D eigenvalue weighted by molar-refractivity contribution is 7.88. The fraction of sp³-hybridized carbons (Fsp3) is 0.818. The zero-order valence-electron chi connectivity index (χ0n) is 11.0. The van der Waals surface area contributed by atoms with Gasteiger partial charge in [-0.2, -0.15) is 8.42 Å². The van der Waals surface area contributed by atoms with Crippen LogP contribution >= 0.6 is 0 Å². The molecule has 1 unspecified atom stereocenters. The number of rotatable bonds is 9. The van der Waals surface area contributed by atoms with Crippen molar-refractivity contribution in [2.45, 2.75) is 50.7 Å². The van der Waals surface area contributed by atoms with Crippen molar-refractivity contribution in [2.24, 2.45) is 5.92 Å². The SMILES string of the molecule is CC(C)CCCCC(CC(=O)O)(C(=O)O)S(=O)(=O)O. The van der Waals surface area contributed by atoms with Crippen molar-refractivity contribution in [3.05, 3.63) is 0 Å². The van der Waals surface area contributed by atoms with Gasteiger partial charge in [-0.05, 0) is 12.3 Å². The zero-order chi connectivity index (χ0) is 15.3. The van der Waals surface area contributed by atoms with Gasteiger partial charge in [-0.1, -0.05) is 33.1 Å². The molecule has 0 saturated carbocycles. The summed E-state index contributed by atoms with van der Waals surface area (Å²) in [4.78, 5) is 21.8. The Morgan fingerprint density at radius 2 is 1.68 bits per heavy atom. The molecule has 8 heteroatoms. The fourth-order valence-corrected chi connectivity index (χ4v) is 2.74. The lowest BCUT2D eigenvalue weighted by molar-refractivity contribution is -0.147. The van der Waals surface area contributed by atoms with Crippen molar-refractivity contribution < 1.29 is 32.8 Å². The van der Waals surface area contributed by atoms with Crippen molar-refractivity contribution in [1.82, 2.24) is 0 Å². The Kier molecular flexibility index (Phi) is 6.44. The Morgan fingerprint density at radius 3 is 2.00 bits per heavy atom. The minimum absolute atomic E-state index is 0.220. The van der Waals surface area contributed by atoms with E-state index in [1.54, 1.807) is 0 Å². The van der Waals surface area contributed by atoms with Crippen LogP contribution in [-0.2, 0) is 19.7 Å². The first-order valence-electron chi connectivity index (χ1n) is 5.95. The molecule has 112 valence electrons. The van der Waals surface area contributed by atoms with Crippen LogP contribution in [0.4, 0.5) is 0 Å². The van der Waals surface area contributed by atoms with E-state index < -0.39 is 39.6 Å². The lowest BCUT2D eigenvalue weighted by Gasteiger charge is -2.24. The van der Waals surface area contributed by atoms with Crippen molar-refractivity contribution in [1.29, 1.82) is 0 Å². The topological polar surface area (TPSA) is 129 Å². The highest BCUT2D eigenvalue weighted by atomic mass is 32.2. The van der Waals surface area contributed by atoms with Crippen molar-refractivity contribution in [3.63, 3.8) is 0 Å². The van der Waals surface area contributed by atoms with Gasteiger partial charge < -0.3 is 10.2 Å². The van der Waals surface area contributed by atoms with Crippen LogP contribution in [0.15, 0.2) is 0 Å². The molecule has 0 fully saturated rings. The van der Waals surface area contributed by atoms with E-state index in [0.717, 1.165) is 6.42 Å². The number of hydrogen-bond acceptors (Lipinski definition) is 4. The molecule has 19 heavy (non-hydrogen) atoms. The van der Waals surface area contributed by atoms with E-state index >= 15 is 0 Å². The molecule has 0 aromatic heterocycles. The second kappa shape index (κ2) is 6.85. The summed E-state index contributed by atoms with van der Waals surface area (Å²) in [6, 6.07) is 0. The minimum Gasteiger partial charge on any atom is -0.481 e. The lowest BCUT2D eigenvalue weighted by atomic mass is 9.95. The average Bonchev–Trinajstić information content (AvgIpc) is 2.19. The fourth-order valence-electron chi connectivity index (χ4n) is 1.81. The number of carboxylic acid groups (broad SMARTS) is 2. The van der Waals surface area contributed by atoms with E-state index in [2.05, 4.69) is 0 Å². The summed E-state index contributed by atoms with van der Waals surface area (Å²) >= 11 is 0. The summed E-state index contributed by atoms with van der Waals surface area (Å²) in [5.41, 5.74) is 0. The second-order valence-electron chi connectivity index (χ2n) is 4.98. The zero-order valence-corrected chi connectivity index (χ0v) is 11.8. The molecule has 0 rings (SSSR count). The molecule has 0 aliphatic carbocycles. The molecule has 0 saturated heterocycles. The predicted molar refractivity (Wildman–Crippen MR) is 67.5 cm³/mol. The Morgan fingerprint density at radius 1 is 1.16 bits per heavy atom. The van der Waals surface area contributed by atoms with E-state index in [-0.39, 0.29) is 6.42 Å². The minimum atomic E-state index is -5.00. The Labute approximate surface area is 112 Å². The Hall–Kier alpha value is -1.15. The van der Waals surface area contributed by atoms with Crippen LogP contribution in [0.2, 0.25) is 0 Å². The first kappa shape index (κ1) is 17.8. The van der Waals surface area contributed by atoms with Gasteiger partial charge in [-0.3, -0.25) is 14.1 Å². The summed E-state index contributed by atoms with van der Waals surface area (Å²) < 4.78 is 29.0. The number of carbonyl (C=O) groups is 2. The van der Waals surface area contributed by atoms with E-state index in [0.29, 0.717) is 12.3 Å². The highest BCUT2D eigenvalue weighted by Crippen LogP contribution is 2.29. The van der Waals surface area contributed by atoms with E-state index in [1.807, 2.05) is 13.8 Å². The first-order valence-corrected chi connectivity index (χ1v) is 7.39. The maximum atomic E-state index is 11.3. The Balaban J connectivity index is 5.04. The van der Waals surface area contributed by atoms with Crippen LogP contribution in [0, 0.1) is 5.92 Å². The van der Waals surface area contributed by atoms with Gasteiger partial charge in [0.2, 0.25) is 4.75 Å². The lowest BCUT2D eigenvalue weighted by Crippen LogP contribution is -2.48. The molecule has 0 bridgehead atoms. The molecule has 0 aromatic carbocycles. The van der Waals surface area contributed by atoms with E-state index in [1.165, 1.54) is 0 Å². The van der Waals surface area contributed by atoms with Crippen LogP contribution in [0.5, 0.6) is 0 Å². The van der Waals surface area contributed by atoms with Gasteiger partial charge >= 0.3 is 11.9 Å². The van der Waals surface area contributed by atoms with Crippen LogP contribution in [0.25, 0.3) is 0 Å². The largest absolute Gasteiger partial charge is 0.481 e. The van der Waals surface area contributed by atoms with Crippen molar-refractivity contribution in [2.75, 3.05) is 0 Å². The van der Waals surface area contributed by atoms with Gasteiger partial charge in [0.15, 0.2) is 0 Å². The third kappa shape index (κ3) is 5.15. The molecule has 7 nitrogen and oxygen atoms in total. The molecule has 0 aliphatic rings. The number of hydrogen-bond donors (Lipinski definition) is 3. The number of unbranched alkanes of at least 4 members (excludes halogenated alkanes) is 1. The standard InChI is InChI=1S/C11H20O7S/c1-8(2)5-3-4-6-11(10(14)15,7-9(12)13)19(16,17)18/h8H,3-7H2,1-2H3,(H,12,13)(H,14,15)(H,16,17,18). The smallest absolute Gasteiger partial charge is 0.328 e. The maximum absolute atomic E-state index is 11.3. The molecular weight excluding hydrogens is 276 g/mol. The maximum Gasteiger partial charge on any atom is 0.328 e. The quantitative estimate of drug-likeness (QED) is 0.433. The summed E-state index contributed by atoms with van der Waals surface area (Å²) in [7, 11) is -5.00.